The SMILES string of the molecule is CNc1ccc(C(=O)N(C)CCCCCO)c(C)c1. The van der Waals surface area contributed by atoms with Crippen LogP contribution in [-0.2, 0) is 0 Å². The molecular weight excluding hydrogens is 240 g/mol. The zero-order valence-electron chi connectivity index (χ0n) is 12.1. The van der Waals surface area contributed by atoms with E-state index in [2.05, 4.69) is 5.32 Å². The number of carbonyl (C=O) groups is 1. The maximum Gasteiger partial charge on any atom is 0.253 e. The molecule has 0 unspecified atom stereocenters. The van der Waals surface area contributed by atoms with Crippen LogP contribution in [-0.4, -0.2) is 43.2 Å². The molecule has 4 nitrogen and oxygen atoms in total. The molecule has 0 aliphatic rings. The number of anilines is 1. The van der Waals surface area contributed by atoms with Crippen molar-refractivity contribution in [1.82, 2.24) is 4.90 Å². The Morgan fingerprint density at radius 1 is 1.32 bits per heavy atom. The maximum absolute atomic E-state index is 12.3. The summed E-state index contributed by atoms with van der Waals surface area (Å²) < 4.78 is 0. The van der Waals surface area contributed by atoms with E-state index < -0.39 is 0 Å². The van der Waals surface area contributed by atoms with E-state index >= 15 is 0 Å². The topological polar surface area (TPSA) is 52.6 Å². The Morgan fingerprint density at radius 3 is 2.63 bits per heavy atom. The zero-order chi connectivity index (χ0) is 14.3. The monoisotopic (exact) mass is 264 g/mol. The zero-order valence-corrected chi connectivity index (χ0v) is 12.1. The summed E-state index contributed by atoms with van der Waals surface area (Å²) in [7, 11) is 3.69. The van der Waals surface area contributed by atoms with E-state index in [-0.39, 0.29) is 12.5 Å². The van der Waals surface area contributed by atoms with Crippen molar-refractivity contribution in [1.29, 1.82) is 0 Å². The molecule has 0 heterocycles. The van der Waals surface area contributed by atoms with Crippen LogP contribution in [0.25, 0.3) is 0 Å². The molecule has 0 aliphatic carbocycles. The summed E-state index contributed by atoms with van der Waals surface area (Å²) in [5.74, 6) is 0.0594. The molecule has 0 saturated carbocycles. The van der Waals surface area contributed by atoms with Gasteiger partial charge in [-0.1, -0.05) is 0 Å². The Kier molecular flexibility index (Phi) is 6.36. The Bertz CT molecular complexity index is 419. The molecule has 1 aromatic rings. The summed E-state index contributed by atoms with van der Waals surface area (Å²) in [6, 6.07) is 5.76. The quantitative estimate of drug-likeness (QED) is 0.743. The van der Waals surface area contributed by atoms with Crippen LogP contribution in [0.3, 0.4) is 0 Å². The van der Waals surface area contributed by atoms with E-state index in [1.165, 1.54) is 0 Å². The van der Waals surface area contributed by atoms with Crippen LogP contribution in [0.2, 0.25) is 0 Å². The van der Waals surface area contributed by atoms with Gasteiger partial charge in [0.1, 0.15) is 0 Å². The average molecular weight is 264 g/mol. The van der Waals surface area contributed by atoms with E-state index in [4.69, 9.17) is 5.11 Å². The first-order valence-electron chi connectivity index (χ1n) is 6.75. The third-order valence-corrected chi connectivity index (χ3v) is 3.24. The molecule has 0 radical (unpaired) electrons. The number of carbonyl (C=O) groups excluding carboxylic acids is 1. The molecule has 0 spiro atoms. The van der Waals surface area contributed by atoms with Crippen LogP contribution in [0.5, 0.6) is 0 Å². The van der Waals surface area contributed by atoms with Crippen molar-refractivity contribution in [2.75, 3.05) is 32.6 Å². The second-order valence-corrected chi connectivity index (χ2v) is 4.79. The second-order valence-electron chi connectivity index (χ2n) is 4.79. The van der Waals surface area contributed by atoms with Gasteiger partial charge >= 0.3 is 0 Å². The first-order chi connectivity index (χ1) is 9.10. The van der Waals surface area contributed by atoms with Crippen molar-refractivity contribution in [2.24, 2.45) is 0 Å². The van der Waals surface area contributed by atoms with Gasteiger partial charge in [0.05, 0.1) is 0 Å². The minimum Gasteiger partial charge on any atom is -0.396 e. The molecule has 0 aromatic heterocycles. The lowest BCUT2D eigenvalue weighted by atomic mass is 10.1. The Labute approximate surface area is 115 Å². The van der Waals surface area contributed by atoms with Gasteiger partial charge < -0.3 is 15.3 Å². The van der Waals surface area contributed by atoms with Gasteiger partial charge in [-0.2, -0.15) is 0 Å². The van der Waals surface area contributed by atoms with Gasteiger partial charge in [-0.05, 0) is 49.9 Å². The largest absolute Gasteiger partial charge is 0.396 e. The van der Waals surface area contributed by atoms with E-state index in [0.717, 1.165) is 42.6 Å². The molecule has 106 valence electrons. The summed E-state index contributed by atoms with van der Waals surface area (Å²) in [6.07, 6.45) is 2.68. The molecule has 0 bridgehead atoms. The predicted octanol–water partition coefficient (Wildman–Crippen LogP) is 2.27. The molecule has 1 rings (SSSR count). The fourth-order valence-corrected chi connectivity index (χ4v) is 2.00. The Hall–Kier alpha value is -1.55. The number of rotatable bonds is 7. The van der Waals surface area contributed by atoms with E-state index in [0.29, 0.717) is 0 Å². The summed E-state index contributed by atoms with van der Waals surface area (Å²) >= 11 is 0. The molecule has 1 aromatic carbocycles. The van der Waals surface area contributed by atoms with Gasteiger partial charge in [-0.15, -0.1) is 0 Å². The number of hydrogen-bond acceptors (Lipinski definition) is 3. The Balaban J connectivity index is 2.61. The number of hydrogen-bond donors (Lipinski definition) is 2. The van der Waals surface area contributed by atoms with Gasteiger partial charge in [0.15, 0.2) is 0 Å². The van der Waals surface area contributed by atoms with Crippen molar-refractivity contribution < 1.29 is 9.90 Å². The van der Waals surface area contributed by atoms with Gasteiger partial charge in [-0.3, -0.25) is 4.79 Å². The number of aryl methyl sites for hydroxylation is 1. The van der Waals surface area contributed by atoms with Gasteiger partial charge in [0, 0.05) is 38.5 Å². The molecule has 1 amide bonds. The van der Waals surface area contributed by atoms with Gasteiger partial charge in [0.25, 0.3) is 5.91 Å². The fourth-order valence-electron chi connectivity index (χ4n) is 2.00. The molecular formula is C15H24N2O2. The first-order valence-corrected chi connectivity index (χ1v) is 6.75. The van der Waals surface area contributed by atoms with Crippen LogP contribution >= 0.6 is 0 Å². The first kappa shape index (κ1) is 15.5. The number of aliphatic hydroxyl groups is 1. The summed E-state index contributed by atoms with van der Waals surface area (Å²) in [6.45, 7) is 2.90. The van der Waals surface area contributed by atoms with Gasteiger partial charge in [0.2, 0.25) is 0 Å². The van der Waals surface area contributed by atoms with Crippen molar-refractivity contribution in [3.8, 4) is 0 Å². The van der Waals surface area contributed by atoms with Crippen molar-refractivity contribution in [3.63, 3.8) is 0 Å². The molecule has 0 saturated heterocycles. The van der Waals surface area contributed by atoms with E-state index in [1.54, 1.807) is 4.90 Å². The van der Waals surface area contributed by atoms with Crippen LogP contribution in [0, 0.1) is 6.92 Å². The lowest BCUT2D eigenvalue weighted by Gasteiger charge is -2.18. The number of nitrogens with zero attached hydrogens (tertiary/aromatic N) is 1. The third kappa shape index (κ3) is 4.56. The van der Waals surface area contributed by atoms with Crippen LogP contribution in [0.4, 0.5) is 5.69 Å². The summed E-state index contributed by atoms with van der Waals surface area (Å²) in [5, 5.41) is 11.8. The fraction of sp³-hybridized carbons (Fsp3) is 0.533. The van der Waals surface area contributed by atoms with Crippen molar-refractivity contribution >= 4 is 11.6 Å². The standard InChI is InChI=1S/C15H24N2O2/c1-12-11-13(16-2)7-8-14(12)15(19)17(3)9-5-4-6-10-18/h7-8,11,16,18H,4-6,9-10H2,1-3H3. The third-order valence-electron chi connectivity index (χ3n) is 3.24. The highest BCUT2D eigenvalue weighted by Crippen LogP contribution is 2.16. The maximum atomic E-state index is 12.3. The number of unbranched alkanes of at least 4 members (excludes halogenated alkanes) is 2. The highest BCUT2D eigenvalue weighted by Gasteiger charge is 2.13. The van der Waals surface area contributed by atoms with Crippen LogP contribution < -0.4 is 5.32 Å². The van der Waals surface area contributed by atoms with E-state index in [9.17, 15) is 4.79 Å². The van der Waals surface area contributed by atoms with Crippen molar-refractivity contribution in [2.45, 2.75) is 26.2 Å². The average Bonchev–Trinajstić information content (AvgIpc) is 2.42. The number of nitrogens with one attached hydrogen (secondary N) is 1. The highest BCUT2D eigenvalue weighted by atomic mass is 16.2. The van der Waals surface area contributed by atoms with Crippen LogP contribution in [0.15, 0.2) is 18.2 Å². The predicted molar refractivity (Wildman–Crippen MR) is 78.6 cm³/mol. The normalized spacial score (nSPS) is 10.3. The lowest BCUT2D eigenvalue weighted by Crippen LogP contribution is -2.28. The smallest absolute Gasteiger partial charge is 0.253 e. The molecule has 4 heteroatoms. The molecule has 0 aliphatic heterocycles. The molecule has 0 atom stereocenters. The number of amides is 1. The Morgan fingerprint density at radius 2 is 2.05 bits per heavy atom. The van der Waals surface area contributed by atoms with Gasteiger partial charge in [-0.25, -0.2) is 0 Å². The summed E-state index contributed by atoms with van der Waals surface area (Å²) in [5.41, 5.74) is 2.75. The molecule has 0 fully saturated rings. The summed E-state index contributed by atoms with van der Waals surface area (Å²) in [4.78, 5) is 14.0. The van der Waals surface area contributed by atoms with Crippen LogP contribution in [0.1, 0.15) is 35.2 Å². The highest BCUT2D eigenvalue weighted by molar-refractivity contribution is 5.95. The molecule has 2 N–H and O–H groups in total. The number of benzene rings is 1. The lowest BCUT2D eigenvalue weighted by molar-refractivity contribution is 0.0791. The van der Waals surface area contributed by atoms with E-state index in [1.807, 2.05) is 39.2 Å². The number of aliphatic hydroxyl groups excluding tert-OH is 1. The minimum absolute atomic E-state index is 0.0594. The van der Waals surface area contributed by atoms with Crippen molar-refractivity contribution in [3.05, 3.63) is 29.3 Å². The molecule has 19 heavy (non-hydrogen) atoms. The second kappa shape index (κ2) is 7.79. The minimum atomic E-state index is 0.0594.